The van der Waals surface area contributed by atoms with Gasteiger partial charge in [0.1, 0.15) is 115 Å². The summed E-state index contributed by atoms with van der Waals surface area (Å²) in [5.41, 5.74) is 9.13. The van der Waals surface area contributed by atoms with Crippen molar-refractivity contribution >= 4 is 60.1 Å². The Bertz CT molecular complexity index is 5400. The molecule has 0 aromatic heterocycles. The highest BCUT2D eigenvalue weighted by atomic mass is 16.6. The Balaban J connectivity index is 0.000000139. The number of phenolic OH excluding ortho intramolecular Hbond substituents is 10. The van der Waals surface area contributed by atoms with Crippen molar-refractivity contribution in [2.45, 2.75) is 50.1 Å². The Labute approximate surface area is 673 Å². The van der Waals surface area contributed by atoms with Gasteiger partial charge in [-0.05, 0) is 176 Å². The quantitative estimate of drug-likeness (QED) is 0.0307. The summed E-state index contributed by atoms with van der Waals surface area (Å²) in [6, 6.07) is 64.8. The molecule has 4 atom stereocenters. The molecule has 26 nitrogen and oxygen atoms in total. The van der Waals surface area contributed by atoms with Gasteiger partial charge in [-0.3, -0.25) is 0 Å². The minimum Gasteiger partial charge on any atom is -0.508 e. The Morgan fingerprint density at radius 1 is 0.297 bits per heavy atom. The highest BCUT2D eigenvalue weighted by Crippen LogP contribution is 2.42. The second kappa shape index (κ2) is 37.6. The van der Waals surface area contributed by atoms with E-state index in [-0.39, 0.29) is 115 Å². The van der Waals surface area contributed by atoms with Crippen LogP contribution in [0.3, 0.4) is 0 Å². The molecule has 16 rings (SSSR count). The monoisotopic (exact) mass is 1600 g/mol. The number of carboxylic acids is 2. The Morgan fingerprint density at radius 3 is 0.805 bits per heavy atom. The summed E-state index contributed by atoms with van der Waals surface area (Å²) in [7, 11) is 2.93. The van der Waals surface area contributed by atoms with Gasteiger partial charge < -0.3 is 99.9 Å². The number of aromatic carboxylic acids is 2. The summed E-state index contributed by atoms with van der Waals surface area (Å²) in [6.07, 6.45) is 6.78. The van der Waals surface area contributed by atoms with Gasteiger partial charge in [0.15, 0.2) is 23.0 Å². The zero-order valence-corrected chi connectivity index (χ0v) is 62.7. The zero-order valence-electron chi connectivity index (χ0n) is 62.7. The molecule has 14 N–H and O–H groups in total. The molecule has 4 heterocycles. The second-order valence-electron chi connectivity index (χ2n) is 26.6. The number of hydrogen-bond acceptors (Lipinski definition) is 24. The van der Waals surface area contributed by atoms with Crippen LogP contribution in [-0.4, -0.2) is 122 Å². The largest absolute Gasteiger partial charge is 0.508 e. The lowest BCUT2D eigenvalue weighted by Crippen LogP contribution is -2.21. The zero-order chi connectivity index (χ0) is 84.4. The number of ether oxygens (including phenoxy) is 6. The van der Waals surface area contributed by atoms with Crippen molar-refractivity contribution in [2.24, 2.45) is 0 Å². The average Bonchev–Trinajstić information content (AvgIpc) is 0.803. The van der Waals surface area contributed by atoms with E-state index in [9.17, 15) is 79.8 Å². The van der Waals surface area contributed by atoms with Crippen LogP contribution in [0, 0.1) is 0 Å². The minimum atomic E-state index is -1.18. The van der Waals surface area contributed by atoms with Gasteiger partial charge >= 0.3 is 35.8 Å². The average molecular weight is 1600 g/mol. The first-order valence-corrected chi connectivity index (χ1v) is 36.1. The number of rotatable bonds is 12. The maximum atomic E-state index is 12.0. The molecule has 4 aliphatic heterocycles. The third-order valence-corrected chi connectivity index (χ3v) is 18.9. The lowest BCUT2D eigenvalue weighted by atomic mass is 9.94. The van der Waals surface area contributed by atoms with Crippen molar-refractivity contribution < 1.29 is 129 Å². The van der Waals surface area contributed by atoms with E-state index in [1.165, 1.54) is 62.8 Å². The van der Waals surface area contributed by atoms with Crippen molar-refractivity contribution in [2.75, 3.05) is 14.2 Å². The van der Waals surface area contributed by atoms with Gasteiger partial charge in [0.25, 0.3) is 0 Å². The lowest BCUT2D eigenvalue weighted by Gasteiger charge is -2.25. The number of carbonyl (C=O) groups excluding carboxylic acids is 4. The minimum absolute atomic E-state index is 0.00671. The van der Waals surface area contributed by atoms with E-state index in [1.807, 2.05) is 12.1 Å². The van der Waals surface area contributed by atoms with E-state index < -0.39 is 48.0 Å². The Hall–Kier alpha value is -15.9. The molecule has 12 aromatic rings. The van der Waals surface area contributed by atoms with E-state index in [0.717, 1.165) is 44.5 Å². The molecule has 12 aromatic carbocycles. The number of carbonyl (C=O) groups is 6. The number of benzene rings is 12. The Morgan fingerprint density at radius 2 is 0.542 bits per heavy atom. The fourth-order valence-corrected chi connectivity index (χ4v) is 13.0. The molecule has 0 fully saturated rings. The number of phenols is 12. The maximum Gasteiger partial charge on any atom is 0.342 e. The molecular weight excluding hydrogens is 1520 g/mol. The van der Waals surface area contributed by atoms with Crippen molar-refractivity contribution in [3.05, 3.63) is 343 Å². The molecule has 4 aliphatic rings. The fourth-order valence-electron chi connectivity index (χ4n) is 13.0. The molecule has 0 saturated heterocycles. The summed E-state index contributed by atoms with van der Waals surface area (Å²) < 4.78 is 31.4. The molecule has 26 heteroatoms. The van der Waals surface area contributed by atoms with Gasteiger partial charge in [0.05, 0.1) is 14.2 Å². The molecule has 0 saturated carbocycles. The van der Waals surface area contributed by atoms with Gasteiger partial charge in [0, 0.05) is 25.7 Å². The molecule has 0 radical (unpaired) electrons. The van der Waals surface area contributed by atoms with Crippen LogP contribution >= 0.6 is 0 Å². The fraction of sp³-hybridized carbons (Fsp3) is 0.109. The van der Waals surface area contributed by atoms with Crippen LogP contribution < -0.4 is 9.47 Å². The first-order chi connectivity index (χ1) is 56.6. The number of methoxy groups -OCH3 is 2. The first kappa shape index (κ1) is 83.1. The normalized spacial score (nSPS) is 15.2. The number of aromatic hydroxyl groups is 12. The molecular formula is C92H76O26. The van der Waals surface area contributed by atoms with Crippen LogP contribution in [0.25, 0.3) is 24.3 Å². The summed E-state index contributed by atoms with van der Waals surface area (Å²) >= 11 is 0. The van der Waals surface area contributed by atoms with Crippen LogP contribution in [0.4, 0.5) is 0 Å². The van der Waals surface area contributed by atoms with Crippen LogP contribution in [0.15, 0.2) is 243 Å². The van der Waals surface area contributed by atoms with Gasteiger partial charge in [-0.1, -0.05) is 158 Å². The third-order valence-electron chi connectivity index (χ3n) is 18.9. The molecule has 600 valence electrons. The van der Waals surface area contributed by atoms with Gasteiger partial charge in [0.2, 0.25) is 0 Å². The molecule has 0 spiro atoms. The highest BCUT2D eigenvalue weighted by molar-refractivity contribution is 5.99. The van der Waals surface area contributed by atoms with Crippen LogP contribution in [0.1, 0.15) is 153 Å². The van der Waals surface area contributed by atoms with E-state index in [1.54, 1.807) is 206 Å². The number of esters is 4. The molecule has 2 unspecified atom stereocenters. The van der Waals surface area contributed by atoms with Crippen molar-refractivity contribution in [3.63, 3.8) is 0 Å². The SMILES string of the molecule is COc1ccc(C2Cc3cccc(O)c3C(=O)O2)cc1O.COc1ccc([C@@H]2Cc3cccc(O)c3C(=O)O2)cc1O.O=C(O)c1c(O)cccc1/C=C/c1ccc(O)cc1.O=C(O)c1c(O)cccc1/C=C\c1ccc(O)cc1.O=C1OC(c2ccc(O)cc2)Cc2cccc(O)c21.O=C1O[C@H](c2ccc(O)cc2)Cc2cccc(O)c21. The third kappa shape index (κ3) is 20.3. The Kier molecular flexibility index (Phi) is 26.5. The van der Waals surface area contributed by atoms with Crippen molar-refractivity contribution in [1.82, 2.24) is 0 Å². The van der Waals surface area contributed by atoms with Crippen LogP contribution in [0.5, 0.6) is 80.5 Å². The number of cyclic esters (lactones) is 4. The van der Waals surface area contributed by atoms with Gasteiger partial charge in [-0.15, -0.1) is 0 Å². The maximum absolute atomic E-state index is 12.0. The van der Waals surface area contributed by atoms with Crippen molar-refractivity contribution in [1.29, 1.82) is 0 Å². The molecule has 0 bridgehead atoms. The van der Waals surface area contributed by atoms with Gasteiger partial charge in [-0.25, -0.2) is 28.8 Å². The summed E-state index contributed by atoms with van der Waals surface area (Å²) in [6.45, 7) is 0. The summed E-state index contributed by atoms with van der Waals surface area (Å²) in [4.78, 5) is 70.1. The van der Waals surface area contributed by atoms with E-state index in [2.05, 4.69) is 0 Å². The van der Waals surface area contributed by atoms with Crippen molar-refractivity contribution in [3.8, 4) is 80.5 Å². The second-order valence-corrected chi connectivity index (χ2v) is 26.6. The molecule has 0 aliphatic carbocycles. The van der Waals surface area contributed by atoms with E-state index in [4.69, 9.17) is 48.8 Å². The number of hydrogen-bond donors (Lipinski definition) is 14. The van der Waals surface area contributed by atoms with E-state index in [0.29, 0.717) is 59.4 Å². The lowest BCUT2D eigenvalue weighted by molar-refractivity contribution is 0.0238. The number of fused-ring (bicyclic) bond motifs is 4. The van der Waals surface area contributed by atoms with Gasteiger partial charge in [-0.2, -0.15) is 0 Å². The molecule has 0 amide bonds. The van der Waals surface area contributed by atoms with Crippen LogP contribution in [0.2, 0.25) is 0 Å². The summed E-state index contributed by atoms with van der Waals surface area (Å²) in [5.74, 6) is -3.90. The molecule has 118 heavy (non-hydrogen) atoms. The topological polar surface area (TPSA) is 441 Å². The summed E-state index contributed by atoms with van der Waals surface area (Å²) in [5, 5.41) is 133. The smallest absolute Gasteiger partial charge is 0.342 e. The predicted molar refractivity (Wildman–Crippen MR) is 430 cm³/mol. The predicted octanol–water partition coefficient (Wildman–Crippen LogP) is 16.2. The number of carboxylic acid groups (broad SMARTS) is 2. The highest BCUT2D eigenvalue weighted by Gasteiger charge is 2.34. The van der Waals surface area contributed by atoms with Crippen LogP contribution in [-0.2, 0) is 44.6 Å². The van der Waals surface area contributed by atoms with E-state index >= 15 is 0 Å². The standard InChI is InChI=1S/2C16H14O5.4C15H12O4/c2*1-20-13-6-5-9(7-12(13)18)14-8-10-3-2-4-11(17)15(10)16(19)21-14;2*16-11-6-4-9(5-7-11)13-8-10-2-1-3-12(17)14(10)15(18)19-13;2*16-12-8-5-10(6-9-12)4-7-11-2-1-3-13(17)14(11)15(18)19/h2*2-7,14,17-18H,8H2,1H3;2*1-7,13,16-17H,8H2;2*1-9,16-17H,(H,18,19)/b;;;;7-4+;7-4-/t14-;;13-;;;/m0.0.../s1. The first-order valence-electron chi connectivity index (χ1n) is 36.1.